The van der Waals surface area contributed by atoms with Gasteiger partial charge in [-0.15, -0.1) is 0 Å². The van der Waals surface area contributed by atoms with Crippen LogP contribution in [0.15, 0.2) is 30.3 Å². The number of carbonyl (C=O) groups is 6. The van der Waals surface area contributed by atoms with Gasteiger partial charge < -0.3 is 41.0 Å². The number of ether oxygens (including phenoxy) is 1. The Bertz CT molecular complexity index is 1180. The monoisotopic (exact) mass is 644 g/mol. The molecule has 1 aromatic rings. The third-order valence-corrected chi connectivity index (χ3v) is 7.49. The van der Waals surface area contributed by atoms with Crippen molar-refractivity contribution >= 4 is 41.8 Å². The average molecular weight is 645 g/mol. The summed E-state index contributed by atoms with van der Waals surface area (Å²) in [5.74, 6) is -1.80. The lowest BCUT2D eigenvalue weighted by molar-refractivity contribution is -0.143. The maximum absolute atomic E-state index is 13.8. The van der Waals surface area contributed by atoms with Crippen LogP contribution in [0.5, 0.6) is 0 Å². The minimum Gasteiger partial charge on any atom is -0.444 e. The van der Waals surface area contributed by atoms with E-state index < -0.39 is 53.6 Å². The molecule has 0 aromatic heterocycles. The highest BCUT2D eigenvalue weighted by atomic mass is 16.6. The SMILES string of the molecule is CC(C)[C@H](NC(=O)[C@H](CCCCNC(=O)Nc1ccccc1)NC(=O)OC(C)(C)C)C(=O)N1CCC[C@H]1C(=O)N[C@H](C=O)C(C)C. The van der Waals surface area contributed by atoms with Crippen LogP contribution in [0.1, 0.15) is 80.6 Å². The van der Waals surface area contributed by atoms with Gasteiger partial charge in [0.05, 0.1) is 6.04 Å². The molecule has 256 valence electrons. The number of amides is 6. The van der Waals surface area contributed by atoms with Crippen molar-refractivity contribution in [2.75, 3.05) is 18.4 Å². The number of urea groups is 1. The van der Waals surface area contributed by atoms with Crippen molar-refractivity contribution < 1.29 is 33.5 Å². The van der Waals surface area contributed by atoms with E-state index in [0.29, 0.717) is 50.7 Å². The molecule has 1 aliphatic heterocycles. The maximum atomic E-state index is 13.8. The number of para-hydroxylation sites is 1. The first-order valence-corrected chi connectivity index (χ1v) is 16.1. The van der Waals surface area contributed by atoms with Crippen molar-refractivity contribution in [2.24, 2.45) is 11.8 Å². The number of rotatable bonds is 15. The maximum Gasteiger partial charge on any atom is 0.408 e. The molecule has 4 atom stereocenters. The zero-order valence-corrected chi connectivity index (χ0v) is 28.2. The van der Waals surface area contributed by atoms with E-state index in [-0.39, 0.29) is 24.3 Å². The van der Waals surface area contributed by atoms with Gasteiger partial charge in [-0.25, -0.2) is 9.59 Å². The Hall–Kier alpha value is -4.16. The summed E-state index contributed by atoms with van der Waals surface area (Å²) in [6.07, 6.45) is 2.19. The standard InChI is InChI=1S/C33H52N6O7/c1-21(2)25(20-40)36-29(42)26-17-13-19-39(26)30(43)27(22(3)4)38-28(41)24(37-32(45)46-33(5,6)7)16-11-12-18-34-31(44)35-23-14-9-8-10-15-23/h8-10,14-15,20-22,24-27H,11-13,16-19H2,1-7H3,(H,36,42)(H,37,45)(H,38,41)(H2,34,35,44)/t24-,25+,26-,27-/m0/s1. The molecule has 0 bridgehead atoms. The lowest BCUT2D eigenvalue weighted by Gasteiger charge is -2.32. The first-order valence-electron chi connectivity index (χ1n) is 16.1. The molecule has 6 amide bonds. The third kappa shape index (κ3) is 12.7. The van der Waals surface area contributed by atoms with Crippen LogP contribution in [0, 0.1) is 11.8 Å². The Morgan fingerprint density at radius 2 is 1.63 bits per heavy atom. The Kier molecular flexibility index (Phi) is 15.0. The van der Waals surface area contributed by atoms with E-state index in [0.717, 1.165) is 0 Å². The number of nitrogens with one attached hydrogen (secondary N) is 5. The number of aldehydes is 1. The number of alkyl carbamates (subject to hydrolysis) is 1. The minimum atomic E-state index is -1.01. The van der Waals surface area contributed by atoms with E-state index in [1.54, 1.807) is 46.8 Å². The summed E-state index contributed by atoms with van der Waals surface area (Å²) < 4.78 is 5.37. The number of likely N-dealkylation sites (tertiary alicyclic amines) is 1. The molecule has 5 N–H and O–H groups in total. The molecule has 1 aromatic carbocycles. The fourth-order valence-electron chi connectivity index (χ4n) is 4.96. The van der Waals surface area contributed by atoms with Gasteiger partial charge in [0.15, 0.2) is 0 Å². The van der Waals surface area contributed by atoms with Crippen LogP contribution in [-0.4, -0.2) is 83.9 Å². The van der Waals surface area contributed by atoms with Gasteiger partial charge in [-0.2, -0.15) is 0 Å². The van der Waals surface area contributed by atoms with Gasteiger partial charge in [-0.05, 0) is 76.8 Å². The summed E-state index contributed by atoms with van der Waals surface area (Å²) in [7, 11) is 0. The quantitative estimate of drug-likeness (QED) is 0.144. The van der Waals surface area contributed by atoms with Crippen molar-refractivity contribution in [1.82, 2.24) is 26.2 Å². The number of hydrogen-bond donors (Lipinski definition) is 5. The summed E-state index contributed by atoms with van der Waals surface area (Å²) in [4.78, 5) is 78.1. The molecule has 13 nitrogen and oxygen atoms in total. The van der Waals surface area contributed by atoms with Crippen LogP contribution >= 0.6 is 0 Å². The highest BCUT2D eigenvalue weighted by Gasteiger charge is 2.40. The fraction of sp³-hybridized carbons (Fsp3) is 0.636. The summed E-state index contributed by atoms with van der Waals surface area (Å²) in [5.41, 5.74) is -0.129. The van der Waals surface area contributed by atoms with Crippen LogP contribution in [0.2, 0.25) is 0 Å². The second-order valence-electron chi connectivity index (χ2n) is 13.3. The number of hydrogen-bond acceptors (Lipinski definition) is 7. The normalized spacial score (nSPS) is 16.6. The molecule has 46 heavy (non-hydrogen) atoms. The average Bonchev–Trinajstić information content (AvgIpc) is 3.47. The summed E-state index contributed by atoms with van der Waals surface area (Å²) in [6, 6.07) is 5.27. The highest BCUT2D eigenvalue weighted by Crippen LogP contribution is 2.21. The van der Waals surface area contributed by atoms with E-state index in [1.165, 1.54) is 4.90 Å². The molecule has 0 spiro atoms. The predicted molar refractivity (Wildman–Crippen MR) is 175 cm³/mol. The topological polar surface area (TPSA) is 175 Å². The largest absolute Gasteiger partial charge is 0.444 e. The number of anilines is 1. The molecule has 1 aliphatic rings. The van der Waals surface area contributed by atoms with Gasteiger partial charge in [-0.3, -0.25) is 14.4 Å². The molecule has 1 heterocycles. The Morgan fingerprint density at radius 1 is 0.957 bits per heavy atom. The number of carbonyl (C=O) groups excluding carboxylic acids is 6. The van der Waals surface area contributed by atoms with Crippen LogP contribution in [0.4, 0.5) is 15.3 Å². The van der Waals surface area contributed by atoms with Crippen molar-refractivity contribution in [1.29, 1.82) is 0 Å². The summed E-state index contributed by atoms with van der Waals surface area (Å²) >= 11 is 0. The van der Waals surface area contributed by atoms with Crippen LogP contribution in [0.3, 0.4) is 0 Å². The van der Waals surface area contributed by atoms with Gasteiger partial charge in [0.1, 0.15) is 30.0 Å². The van der Waals surface area contributed by atoms with Gasteiger partial charge in [0.2, 0.25) is 17.7 Å². The molecule has 0 saturated carbocycles. The highest BCUT2D eigenvalue weighted by molar-refractivity contribution is 5.95. The molecule has 13 heteroatoms. The lowest BCUT2D eigenvalue weighted by Crippen LogP contribution is -2.59. The van der Waals surface area contributed by atoms with Gasteiger partial charge in [0, 0.05) is 18.8 Å². The molecule has 0 radical (unpaired) electrons. The van der Waals surface area contributed by atoms with Gasteiger partial charge in [-0.1, -0.05) is 45.9 Å². The molecule has 0 aliphatic carbocycles. The smallest absolute Gasteiger partial charge is 0.408 e. The Balaban J connectivity index is 2.06. The Morgan fingerprint density at radius 3 is 2.22 bits per heavy atom. The zero-order chi connectivity index (χ0) is 34.4. The fourth-order valence-corrected chi connectivity index (χ4v) is 4.96. The van der Waals surface area contributed by atoms with E-state index in [9.17, 15) is 28.8 Å². The first kappa shape index (κ1) is 38.0. The lowest BCUT2D eigenvalue weighted by atomic mass is 10.0. The van der Waals surface area contributed by atoms with Crippen LogP contribution in [0.25, 0.3) is 0 Å². The Labute approximate surface area is 272 Å². The molecular weight excluding hydrogens is 592 g/mol. The summed E-state index contributed by atoms with van der Waals surface area (Å²) in [6.45, 7) is 13.0. The second kappa shape index (κ2) is 18.1. The van der Waals surface area contributed by atoms with Crippen LogP contribution < -0.4 is 26.6 Å². The van der Waals surface area contributed by atoms with Crippen molar-refractivity contribution in [3.05, 3.63) is 30.3 Å². The first-order chi connectivity index (χ1) is 21.6. The number of benzene rings is 1. The summed E-state index contributed by atoms with van der Waals surface area (Å²) in [5, 5.41) is 13.7. The van der Waals surface area contributed by atoms with Gasteiger partial charge in [0.25, 0.3) is 0 Å². The molecule has 0 unspecified atom stereocenters. The van der Waals surface area contributed by atoms with E-state index in [4.69, 9.17) is 4.74 Å². The molecule has 2 rings (SSSR count). The zero-order valence-electron chi connectivity index (χ0n) is 28.2. The second-order valence-corrected chi connectivity index (χ2v) is 13.3. The molecular formula is C33H52N6O7. The molecule has 1 fully saturated rings. The minimum absolute atomic E-state index is 0.105. The number of nitrogens with zero attached hydrogens (tertiary/aromatic N) is 1. The third-order valence-electron chi connectivity index (χ3n) is 7.49. The van der Waals surface area contributed by atoms with E-state index in [1.807, 2.05) is 32.0 Å². The van der Waals surface area contributed by atoms with Crippen molar-refractivity contribution in [3.63, 3.8) is 0 Å². The van der Waals surface area contributed by atoms with E-state index >= 15 is 0 Å². The van der Waals surface area contributed by atoms with Crippen molar-refractivity contribution in [2.45, 2.75) is 110 Å². The van der Waals surface area contributed by atoms with E-state index in [2.05, 4.69) is 26.6 Å². The van der Waals surface area contributed by atoms with Gasteiger partial charge >= 0.3 is 12.1 Å². The van der Waals surface area contributed by atoms with Crippen LogP contribution in [-0.2, 0) is 23.9 Å². The molecule has 1 saturated heterocycles. The van der Waals surface area contributed by atoms with Crippen molar-refractivity contribution in [3.8, 4) is 0 Å². The predicted octanol–water partition coefficient (Wildman–Crippen LogP) is 3.34. The number of unbranched alkanes of at least 4 members (excludes halogenated alkanes) is 1.